The van der Waals surface area contributed by atoms with E-state index in [2.05, 4.69) is 10.6 Å². The molecule has 0 bridgehead atoms. The van der Waals surface area contributed by atoms with E-state index in [-0.39, 0.29) is 5.91 Å². The number of methoxy groups -OCH3 is 1. The largest absolute Gasteiger partial charge is 0.497 e. The van der Waals surface area contributed by atoms with Gasteiger partial charge >= 0.3 is 10.7 Å². The van der Waals surface area contributed by atoms with Gasteiger partial charge in [0.05, 0.1) is 12.4 Å². The first-order valence-corrected chi connectivity index (χ1v) is 9.31. The average molecular weight is 386 g/mol. The van der Waals surface area contributed by atoms with Gasteiger partial charge in [-0.25, -0.2) is 4.79 Å². The molecule has 7 nitrogen and oxygen atoms in total. The summed E-state index contributed by atoms with van der Waals surface area (Å²) < 4.78 is 11.6. The molecule has 0 radical (unpaired) electrons. The summed E-state index contributed by atoms with van der Waals surface area (Å²) in [5, 5.41) is 5.30. The fourth-order valence-electron chi connectivity index (χ4n) is 2.49. The Bertz CT molecular complexity index is 968. The molecule has 8 heteroatoms. The maximum absolute atomic E-state index is 12.7. The van der Waals surface area contributed by atoms with Crippen molar-refractivity contribution in [1.82, 2.24) is 5.27 Å². The molecule has 1 aromatic heterocycles. The summed E-state index contributed by atoms with van der Waals surface area (Å²) in [5.41, 5.74) is 0.862. The second kappa shape index (κ2) is 8.59. The first kappa shape index (κ1) is 18.8. The standard InChI is InChI=1S/C19H19N3O4S/c1-3-16(17(23)20-13-8-7-11-15(12-13)25-2)27-18-19(24)26-21-22(18)14-9-5-4-6-10-14/h4-12,16H,3H2,1-2H3,(H-,20,21,23,24)/p+1. The van der Waals surface area contributed by atoms with Gasteiger partial charge in [0.15, 0.2) is 0 Å². The third kappa shape index (κ3) is 4.40. The van der Waals surface area contributed by atoms with Crippen LogP contribution in [0.5, 0.6) is 5.75 Å². The molecular weight excluding hydrogens is 366 g/mol. The monoisotopic (exact) mass is 386 g/mol. The van der Waals surface area contributed by atoms with Crippen LogP contribution in [0.25, 0.3) is 5.69 Å². The molecule has 3 aromatic rings. The third-order valence-corrected chi connectivity index (χ3v) is 5.28. The molecule has 0 spiro atoms. The molecule has 1 amide bonds. The second-order valence-corrected chi connectivity index (χ2v) is 6.88. The average Bonchev–Trinajstić information content (AvgIpc) is 3.07. The van der Waals surface area contributed by atoms with Gasteiger partial charge in [0.1, 0.15) is 5.75 Å². The Labute approximate surface area is 160 Å². The number of amides is 1. The molecule has 2 N–H and O–H groups in total. The Morgan fingerprint density at radius 3 is 2.74 bits per heavy atom. The van der Waals surface area contributed by atoms with E-state index in [1.165, 1.54) is 4.68 Å². The number of ether oxygens (including phenoxy) is 1. The molecule has 2 aromatic carbocycles. The van der Waals surface area contributed by atoms with Crippen molar-refractivity contribution in [3.63, 3.8) is 0 Å². The zero-order chi connectivity index (χ0) is 19.2. The number of thioether (sulfide) groups is 1. The number of H-pyrrole nitrogens is 1. The topological polar surface area (TPSA) is 88.2 Å². The van der Waals surface area contributed by atoms with Crippen LogP contribution in [0.4, 0.5) is 5.69 Å². The van der Waals surface area contributed by atoms with Crippen molar-refractivity contribution < 1.29 is 18.7 Å². The fraction of sp³-hybridized carbons (Fsp3) is 0.211. The Morgan fingerprint density at radius 1 is 1.26 bits per heavy atom. The minimum Gasteiger partial charge on any atom is -0.497 e. The Morgan fingerprint density at radius 2 is 2.04 bits per heavy atom. The minimum absolute atomic E-state index is 0.198. The number of nitrogens with one attached hydrogen (secondary N) is 2. The number of benzene rings is 2. The Balaban J connectivity index is 1.80. The van der Waals surface area contributed by atoms with Crippen molar-refractivity contribution in [3.8, 4) is 11.4 Å². The summed E-state index contributed by atoms with van der Waals surface area (Å²) in [6.45, 7) is 1.89. The van der Waals surface area contributed by atoms with Crippen LogP contribution < -0.4 is 20.4 Å². The van der Waals surface area contributed by atoms with E-state index in [9.17, 15) is 9.59 Å². The number of hydrogen-bond acceptors (Lipinski definition) is 5. The highest BCUT2D eigenvalue weighted by Gasteiger charge is 2.30. The van der Waals surface area contributed by atoms with Crippen molar-refractivity contribution >= 4 is 23.4 Å². The molecule has 3 rings (SSSR count). The molecule has 1 heterocycles. The number of nitrogens with zero attached hydrogens (tertiary/aromatic N) is 1. The van der Waals surface area contributed by atoms with Crippen LogP contribution in [0.15, 0.2) is 68.9 Å². The van der Waals surface area contributed by atoms with Crippen LogP contribution in [-0.2, 0) is 4.79 Å². The summed E-state index contributed by atoms with van der Waals surface area (Å²) in [7, 11) is 1.57. The molecule has 1 unspecified atom stereocenters. The lowest BCUT2D eigenvalue weighted by molar-refractivity contribution is -0.704. The van der Waals surface area contributed by atoms with Crippen LogP contribution in [0.3, 0.4) is 0 Å². The Hall–Kier alpha value is -3.00. The number of carbonyl (C=O) groups excluding carboxylic acids is 1. The van der Waals surface area contributed by atoms with Gasteiger partial charge in [0.2, 0.25) is 11.6 Å². The van der Waals surface area contributed by atoms with Crippen molar-refractivity contribution in [2.24, 2.45) is 0 Å². The predicted octanol–water partition coefficient (Wildman–Crippen LogP) is 2.76. The minimum atomic E-state index is -0.517. The highest BCUT2D eigenvalue weighted by atomic mass is 32.2. The van der Waals surface area contributed by atoms with Gasteiger partial charge in [-0.1, -0.05) is 31.2 Å². The van der Waals surface area contributed by atoms with Gasteiger partial charge in [-0.05, 0) is 40.3 Å². The summed E-state index contributed by atoms with van der Waals surface area (Å²) >= 11 is 1.16. The number of carbonyl (C=O) groups is 1. The molecule has 0 aliphatic rings. The van der Waals surface area contributed by atoms with Crippen molar-refractivity contribution in [2.75, 3.05) is 12.4 Å². The lowest BCUT2D eigenvalue weighted by Crippen LogP contribution is -2.37. The number of anilines is 1. The van der Waals surface area contributed by atoms with Gasteiger partial charge in [-0.3, -0.25) is 9.32 Å². The second-order valence-electron chi connectivity index (χ2n) is 5.69. The number of aromatic nitrogens is 2. The molecule has 140 valence electrons. The van der Waals surface area contributed by atoms with Crippen molar-refractivity contribution in [3.05, 3.63) is 65.0 Å². The van der Waals surface area contributed by atoms with E-state index in [4.69, 9.17) is 9.26 Å². The van der Waals surface area contributed by atoms with Gasteiger partial charge in [-0.15, -0.1) is 0 Å². The van der Waals surface area contributed by atoms with Gasteiger partial charge in [-0.2, -0.15) is 0 Å². The van der Waals surface area contributed by atoms with Crippen LogP contribution in [0.2, 0.25) is 0 Å². The molecule has 0 saturated carbocycles. The summed E-state index contributed by atoms with van der Waals surface area (Å²) in [6.07, 6.45) is 0.542. The predicted molar refractivity (Wildman–Crippen MR) is 102 cm³/mol. The normalized spacial score (nSPS) is 11.8. The highest BCUT2D eigenvalue weighted by molar-refractivity contribution is 8.00. The zero-order valence-corrected chi connectivity index (χ0v) is 15.8. The van der Waals surface area contributed by atoms with E-state index >= 15 is 0 Å². The van der Waals surface area contributed by atoms with E-state index < -0.39 is 10.9 Å². The number of aromatic amines is 1. The smallest absolute Gasteiger partial charge is 0.442 e. The number of hydrogen-bond donors (Lipinski definition) is 2. The maximum Gasteiger partial charge on any atom is 0.442 e. The summed E-state index contributed by atoms with van der Waals surface area (Å²) in [5.74, 6) is 0.456. The van der Waals surface area contributed by atoms with Crippen molar-refractivity contribution in [1.29, 1.82) is 0 Å². The first-order valence-electron chi connectivity index (χ1n) is 8.43. The lowest BCUT2D eigenvalue weighted by atomic mass is 10.2. The third-order valence-electron chi connectivity index (χ3n) is 3.88. The number of rotatable bonds is 7. The maximum atomic E-state index is 12.7. The fourth-order valence-corrected chi connectivity index (χ4v) is 3.48. The first-order chi connectivity index (χ1) is 13.1. The quantitative estimate of drug-likeness (QED) is 0.482. The van der Waals surface area contributed by atoms with E-state index in [1.807, 2.05) is 37.3 Å². The van der Waals surface area contributed by atoms with Crippen LogP contribution >= 0.6 is 11.8 Å². The summed E-state index contributed by atoms with van der Waals surface area (Å²) in [6, 6.07) is 16.4. The van der Waals surface area contributed by atoms with Crippen molar-refractivity contribution in [2.45, 2.75) is 23.6 Å². The van der Waals surface area contributed by atoms with Gasteiger partial charge in [0.25, 0.3) is 0 Å². The van der Waals surface area contributed by atoms with Crippen LogP contribution in [-0.4, -0.2) is 23.5 Å². The van der Waals surface area contributed by atoms with Crippen LogP contribution in [0, 0.1) is 0 Å². The van der Waals surface area contributed by atoms with E-state index in [0.29, 0.717) is 22.9 Å². The molecule has 1 atom stereocenters. The SMILES string of the molecule is CCC(Sc1c(=O)o[nH][n+]1-c1ccccc1)C(=O)Nc1cccc(OC)c1. The van der Waals surface area contributed by atoms with E-state index in [0.717, 1.165) is 17.4 Å². The highest BCUT2D eigenvalue weighted by Crippen LogP contribution is 2.23. The summed E-state index contributed by atoms with van der Waals surface area (Å²) in [4.78, 5) is 24.8. The molecule has 0 fully saturated rings. The Kier molecular flexibility index (Phi) is 5.97. The van der Waals surface area contributed by atoms with Gasteiger partial charge < -0.3 is 10.1 Å². The molecule has 0 saturated heterocycles. The zero-order valence-electron chi connectivity index (χ0n) is 15.0. The molecular formula is C19H20N3O4S+. The molecule has 0 aliphatic heterocycles. The number of para-hydroxylation sites is 1. The molecule has 0 aliphatic carbocycles. The molecule has 27 heavy (non-hydrogen) atoms. The van der Waals surface area contributed by atoms with Crippen LogP contribution in [0.1, 0.15) is 13.3 Å². The van der Waals surface area contributed by atoms with E-state index in [1.54, 1.807) is 31.4 Å². The lowest BCUT2D eigenvalue weighted by Gasteiger charge is -2.12. The van der Waals surface area contributed by atoms with Gasteiger partial charge in [0, 0.05) is 23.9 Å².